The molecule has 3 N–H and O–H groups in total. The molecule has 0 bridgehead atoms. The van der Waals surface area contributed by atoms with Gasteiger partial charge in [0.05, 0.1) is 11.4 Å². The maximum absolute atomic E-state index is 11.9. The van der Waals surface area contributed by atoms with Crippen LogP contribution >= 0.6 is 12.4 Å². The molecule has 5 nitrogen and oxygen atoms in total. The molecule has 2 rings (SSSR count). The number of aryl methyl sites for hydroxylation is 2. The lowest BCUT2D eigenvalue weighted by atomic mass is 10.1. The molecule has 1 heterocycles. The van der Waals surface area contributed by atoms with Crippen LogP contribution in [0.4, 0.5) is 0 Å². The zero-order valence-electron chi connectivity index (χ0n) is 13.9. The van der Waals surface area contributed by atoms with Crippen molar-refractivity contribution in [2.45, 2.75) is 46.2 Å². The molecule has 0 saturated carbocycles. The normalized spacial score (nSPS) is 11.7. The maximum Gasteiger partial charge on any atom is 0.220 e. The second-order valence-electron chi connectivity index (χ2n) is 5.76. The van der Waals surface area contributed by atoms with E-state index in [4.69, 9.17) is 5.73 Å². The molecule has 0 spiro atoms. The first-order chi connectivity index (χ1) is 10.5. The van der Waals surface area contributed by atoms with Crippen molar-refractivity contribution in [3.63, 3.8) is 0 Å². The van der Waals surface area contributed by atoms with Crippen LogP contribution in [0.15, 0.2) is 30.3 Å². The minimum atomic E-state index is 0. The van der Waals surface area contributed by atoms with Crippen molar-refractivity contribution in [3.8, 4) is 5.69 Å². The number of nitrogens with one attached hydrogen (secondary N) is 1. The number of nitrogens with two attached hydrogens (primary N) is 1. The van der Waals surface area contributed by atoms with E-state index in [2.05, 4.69) is 10.4 Å². The topological polar surface area (TPSA) is 72.9 Å². The van der Waals surface area contributed by atoms with Gasteiger partial charge in [-0.3, -0.25) is 4.79 Å². The monoisotopic (exact) mass is 336 g/mol. The Hall–Kier alpha value is -1.85. The van der Waals surface area contributed by atoms with E-state index in [9.17, 15) is 4.79 Å². The Kier molecular flexibility index (Phi) is 7.26. The first-order valence-electron chi connectivity index (χ1n) is 7.61. The minimum absolute atomic E-state index is 0. The number of benzene rings is 1. The van der Waals surface area contributed by atoms with Gasteiger partial charge >= 0.3 is 0 Å². The molecule has 1 atom stereocenters. The van der Waals surface area contributed by atoms with E-state index in [1.807, 2.05) is 55.8 Å². The third kappa shape index (κ3) is 5.37. The molecule has 0 radical (unpaired) electrons. The summed E-state index contributed by atoms with van der Waals surface area (Å²) in [6.45, 7) is 6.40. The van der Waals surface area contributed by atoms with E-state index in [1.165, 1.54) is 0 Å². The van der Waals surface area contributed by atoms with Crippen LogP contribution in [-0.2, 0) is 11.3 Å². The van der Waals surface area contributed by atoms with E-state index in [0.29, 0.717) is 19.4 Å². The van der Waals surface area contributed by atoms with Crippen molar-refractivity contribution in [2.75, 3.05) is 0 Å². The second-order valence-corrected chi connectivity index (χ2v) is 5.76. The van der Waals surface area contributed by atoms with Gasteiger partial charge in [-0.2, -0.15) is 5.10 Å². The minimum Gasteiger partial charge on any atom is -0.352 e. The molecule has 1 unspecified atom stereocenters. The second kappa shape index (κ2) is 8.70. The summed E-state index contributed by atoms with van der Waals surface area (Å²) < 4.78 is 1.92. The molecule has 2 aromatic rings. The van der Waals surface area contributed by atoms with Gasteiger partial charge in [0.25, 0.3) is 0 Å². The number of carbonyl (C=O) groups excluding carboxylic acids is 1. The Morgan fingerprint density at radius 3 is 2.65 bits per heavy atom. The SMILES string of the molecule is Cc1cc(C)n(-c2ccccc2CNC(=O)CCC(C)N)n1.Cl. The van der Waals surface area contributed by atoms with Gasteiger partial charge in [-0.25, -0.2) is 4.68 Å². The third-order valence-corrected chi connectivity index (χ3v) is 3.53. The molecule has 0 fully saturated rings. The van der Waals surface area contributed by atoms with Crippen molar-refractivity contribution >= 4 is 18.3 Å². The van der Waals surface area contributed by atoms with Crippen molar-refractivity contribution in [2.24, 2.45) is 5.73 Å². The number of hydrogen-bond acceptors (Lipinski definition) is 3. The molecular formula is C17H25ClN4O. The lowest BCUT2D eigenvalue weighted by Gasteiger charge is -2.12. The van der Waals surface area contributed by atoms with Gasteiger partial charge in [0, 0.05) is 24.7 Å². The standard InChI is InChI=1S/C17H24N4O.ClH/c1-12(18)8-9-17(22)19-11-15-6-4-5-7-16(15)21-14(3)10-13(2)20-21;/h4-7,10,12H,8-9,11,18H2,1-3H3,(H,19,22);1H. The molecule has 23 heavy (non-hydrogen) atoms. The number of rotatable bonds is 6. The van der Waals surface area contributed by atoms with Gasteiger partial charge in [0.1, 0.15) is 0 Å². The van der Waals surface area contributed by atoms with Crippen LogP contribution in [0.2, 0.25) is 0 Å². The Balaban J connectivity index is 0.00000264. The molecule has 0 aliphatic rings. The number of carbonyl (C=O) groups is 1. The predicted octanol–water partition coefficient (Wildman–Crippen LogP) is 2.65. The highest BCUT2D eigenvalue weighted by molar-refractivity contribution is 5.85. The van der Waals surface area contributed by atoms with E-state index in [1.54, 1.807) is 0 Å². The first-order valence-corrected chi connectivity index (χ1v) is 7.61. The summed E-state index contributed by atoms with van der Waals surface area (Å²) in [6.07, 6.45) is 1.16. The Morgan fingerprint density at radius 2 is 2.04 bits per heavy atom. The molecule has 0 aliphatic carbocycles. The predicted molar refractivity (Wildman–Crippen MR) is 95.0 cm³/mol. The lowest BCUT2D eigenvalue weighted by molar-refractivity contribution is -0.121. The van der Waals surface area contributed by atoms with Gasteiger partial charge in [-0.15, -0.1) is 12.4 Å². The van der Waals surface area contributed by atoms with E-state index in [0.717, 1.165) is 22.6 Å². The average Bonchev–Trinajstić information content (AvgIpc) is 2.81. The highest BCUT2D eigenvalue weighted by Gasteiger charge is 2.10. The first kappa shape index (κ1) is 19.2. The summed E-state index contributed by atoms with van der Waals surface area (Å²) in [5.41, 5.74) is 9.78. The number of amides is 1. The Labute approximate surface area is 143 Å². The fraction of sp³-hybridized carbons (Fsp3) is 0.412. The summed E-state index contributed by atoms with van der Waals surface area (Å²) in [7, 11) is 0. The van der Waals surface area contributed by atoms with Crippen LogP contribution < -0.4 is 11.1 Å². The van der Waals surface area contributed by atoms with Crippen LogP contribution in [0.1, 0.15) is 36.7 Å². The molecule has 1 amide bonds. The van der Waals surface area contributed by atoms with Gasteiger partial charge in [-0.1, -0.05) is 18.2 Å². The largest absolute Gasteiger partial charge is 0.352 e. The summed E-state index contributed by atoms with van der Waals surface area (Å²) in [5, 5.41) is 7.47. The summed E-state index contributed by atoms with van der Waals surface area (Å²) >= 11 is 0. The Bertz CT molecular complexity index is 652. The fourth-order valence-electron chi connectivity index (χ4n) is 2.38. The van der Waals surface area contributed by atoms with Crippen molar-refractivity contribution in [3.05, 3.63) is 47.3 Å². The average molecular weight is 337 g/mol. The lowest BCUT2D eigenvalue weighted by Crippen LogP contribution is -2.26. The van der Waals surface area contributed by atoms with Crippen molar-refractivity contribution < 1.29 is 4.79 Å². The molecule has 0 saturated heterocycles. The van der Waals surface area contributed by atoms with E-state index >= 15 is 0 Å². The van der Waals surface area contributed by atoms with E-state index in [-0.39, 0.29) is 24.4 Å². The van der Waals surface area contributed by atoms with Crippen LogP contribution in [0.25, 0.3) is 5.69 Å². The fourth-order valence-corrected chi connectivity index (χ4v) is 2.38. The molecule has 126 valence electrons. The highest BCUT2D eigenvalue weighted by atomic mass is 35.5. The number of halogens is 1. The highest BCUT2D eigenvalue weighted by Crippen LogP contribution is 2.16. The zero-order valence-corrected chi connectivity index (χ0v) is 14.7. The number of nitrogens with zero attached hydrogens (tertiary/aromatic N) is 2. The number of aromatic nitrogens is 2. The summed E-state index contributed by atoms with van der Waals surface area (Å²) in [6, 6.07) is 10.1. The number of hydrogen-bond donors (Lipinski definition) is 2. The van der Waals surface area contributed by atoms with Gasteiger partial charge in [0.15, 0.2) is 0 Å². The zero-order chi connectivity index (χ0) is 16.1. The van der Waals surface area contributed by atoms with Gasteiger partial charge in [-0.05, 0) is 44.9 Å². The smallest absolute Gasteiger partial charge is 0.220 e. The van der Waals surface area contributed by atoms with Gasteiger partial charge in [0.2, 0.25) is 5.91 Å². The molecule has 0 aliphatic heterocycles. The molecular weight excluding hydrogens is 312 g/mol. The van der Waals surface area contributed by atoms with Crippen molar-refractivity contribution in [1.82, 2.24) is 15.1 Å². The quantitative estimate of drug-likeness (QED) is 0.851. The van der Waals surface area contributed by atoms with Crippen molar-refractivity contribution in [1.29, 1.82) is 0 Å². The van der Waals surface area contributed by atoms with Gasteiger partial charge < -0.3 is 11.1 Å². The number of para-hydroxylation sites is 1. The summed E-state index contributed by atoms with van der Waals surface area (Å²) in [5.74, 6) is 0.0282. The van der Waals surface area contributed by atoms with Crippen LogP contribution in [0.3, 0.4) is 0 Å². The molecule has 6 heteroatoms. The van der Waals surface area contributed by atoms with Crippen LogP contribution in [0.5, 0.6) is 0 Å². The van der Waals surface area contributed by atoms with Crippen LogP contribution in [-0.4, -0.2) is 21.7 Å². The maximum atomic E-state index is 11.9. The van der Waals surface area contributed by atoms with Crippen LogP contribution in [0, 0.1) is 13.8 Å². The third-order valence-electron chi connectivity index (χ3n) is 3.53. The molecule has 1 aromatic heterocycles. The Morgan fingerprint density at radius 1 is 1.35 bits per heavy atom. The summed E-state index contributed by atoms with van der Waals surface area (Å²) in [4.78, 5) is 11.9. The van der Waals surface area contributed by atoms with E-state index < -0.39 is 0 Å². The molecule has 1 aromatic carbocycles.